The Morgan fingerprint density at radius 1 is 1.36 bits per heavy atom. The van der Waals surface area contributed by atoms with Crippen LogP contribution in [0, 0.1) is 5.92 Å². The van der Waals surface area contributed by atoms with E-state index in [0.717, 1.165) is 6.42 Å². The summed E-state index contributed by atoms with van der Waals surface area (Å²) >= 11 is 0. The minimum Gasteiger partial charge on any atom is -0.375 e. The topological polar surface area (TPSA) is 47.3 Å². The van der Waals surface area contributed by atoms with Crippen LogP contribution < -0.4 is 11.3 Å². The van der Waals surface area contributed by atoms with Crippen LogP contribution in [0.15, 0.2) is 0 Å². The van der Waals surface area contributed by atoms with Crippen LogP contribution in [0.4, 0.5) is 8.78 Å². The Bertz CT molecular complexity index is 134. The van der Waals surface area contributed by atoms with Crippen molar-refractivity contribution in [3.8, 4) is 0 Å². The van der Waals surface area contributed by atoms with Gasteiger partial charge < -0.3 is 4.74 Å². The van der Waals surface area contributed by atoms with Crippen LogP contribution in [0.3, 0.4) is 0 Å². The van der Waals surface area contributed by atoms with Gasteiger partial charge in [0.15, 0.2) is 0 Å². The molecule has 0 radical (unpaired) electrons. The molecule has 0 spiro atoms. The SMILES string of the molecule is CC(C)CC(CCOCC(F)F)NN. The minimum absolute atomic E-state index is 0.146. The number of ether oxygens (including phenoxy) is 1. The summed E-state index contributed by atoms with van der Waals surface area (Å²) in [6, 6.07) is 0.146. The Kier molecular flexibility index (Phi) is 7.93. The molecule has 0 rings (SSSR count). The fourth-order valence-corrected chi connectivity index (χ4v) is 1.24. The summed E-state index contributed by atoms with van der Waals surface area (Å²) < 4.78 is 28.1. The highest BCUT2D eigenvalue weighted by molar-refractivity contribution is 4.64. The monoisotopic (exact) mass is 210 g/mol. The molecule has 3 nitrogen and oxygen atoms in total. The van der Waals surface area contributed by atoms with Gasteiger partial charge in [-0.15, -0.1) is 0 Å². The highest BCUT2D eigenvalue weighted by Gasteiger charge is 2.09. The maximum atomic E-state index is 11.7. The standard InChI is InChI=1S/C9H20F2N2O/c1-7(2)5-8(13-12)3-4-14-6-9(10)11/h7-9,13H,3-6,12H2,1-2H3. The van der Waals surface area contributed by atoms with Crippen LogP contribution in [0.2, 0.25) is 0 Å². The molecule has 0 amide bonds. The smallest absolute Gasteiger partial charge is 0.261 e. The fourth-order valence-electron chi connectivity index (χ4n) is 1.24. The summed E-state index contributed by atoms with van der Waals surface area (Å²) in [6.07, 6.45) is -0.792. The van der Waals surface area contributed by atoms with E-state index in [9.17, 15) is 8.78 Å². The Balaban J connectivity index is 3.43. The predicted octanol–water partition coefficient (Wildman–Crippen LogP) is 1.54. The predicted molar refractivity (Wildman–Crippen MR) is 52.0 cm³/mol. The maximum Gasteiger partial charge on any atom is 0.261 e. The second-order valence-electron chi connectivity index (χ2n) is 3.75. The molecular weight excluding hydrogens is 190 g/mol. The summed E-state index contributed by atoms with van der Waals surface area (Å²) in [6.45, 7) is 4.01. The van der Waals surface area contributed by atoms with Crippen molar-refractivity contribution in [1.82, 2.24) is 5.43 Å². The highest BCUT2D eigenvalue weighted by atomic mass is 19.3. The Labute approximate surface area is 84.0 Å². The van der Waals surface area contributed by atoms with Gasteiger partial charge >= 0.3 is 0 Å². The van der Waals surface area contributed by atoms with E-state index in [0.29, 0.717) is 18.9 Å². The van der Waals surface area contributed by atoms with Crippen molar-refractivity contribution in [1.29, 1.82) is 0 Å². The quantitative estimate of drug-likeness (QED) is 0.363. The normalized spacial score (nSPS) is 13.9. The summed E-state index contributed by atoms with van der Waals surface area (Å²) in [5.74, 6) is 5.84. The van der Waals surface area contributed by atoms with Crippen molar-refractivity contribution >= 4 is 0 Å². The average Bonchev–Trinajstić information content (AvgIpc) is 2.09. The van der Waals surface area contributed by atoms with E-state index in [2.05, 4.69) is 19.3 Å². The van der Waals surface area contributed by atoms with E-state index in [1.54, 1.807) is 0 Å². The second-order valence-corrected chi connectivity index (χ2v) is 3.75. The van der Waals surface area contributed by atoms with Gasteiger partial charge in [0.2, 0.25) is 0 Å². The molecule has 0 aliphatic rings. The average molecular weight is 210 g/mol. The summed E-state index contributed by atoms with van der Waals surface area (Å²) in [5.41, 5.74) is 2.65. The molecule has 0 aliphatic carbocycles. The van der Waals surface area contributed by atoms with Crippen LogP contribution in [0.5, 0.6) is 0 Å². The first-order valence-electron chi connectivity index (χ1n) is 4.88. The van der Waals surface area contributed by atoms with E-state index >= 15 is 0 Å². The number of hydrazine groups is 1. The Morgan fingerprint density at radius 3 is 2.43 bits per heavy atom. The van der Waals surface area contributed by atoms with E-state index in [1.807, 2.05) is 0 Å². The third kappa shape index (κ3) is 8.34. The van der Waals surface area contributed by atoms with Crippen molar-refractivity contribution < 1.29 is 13.5 Å². The van der Waals surface area contributed by atoms with Crippen LogP contribution in [0.25, 0.3) is 0 Å². The summed E-state index contributed by atoms with van der Waals surface area (Å²) in [7, 11) is 0. The van der Waals surface area contributed by atoms with E-state index in [4.69, 9.17) is 10.6 Å². The third-order valence-electron chi connectivity index (χ3n) is 1.85. The lowest BCUT2D eigenvalue weighted by molar-refractivity contribution is 0.0139. The van der Waals surface area contributed by atoms with E-state index in [1.165, 1.54) is 0 Å². The zero-order valence-corrected chi connectivity index (χ0v) is 8.80. The van der Waals surface area contributed by atoms with Crippen molar-refractivity contribution in [2.24, 2.45) is 11.8 Å². The van der Waals surface area contributed by atoms with Gasteiger partial charge in [-0.3, -0.25) is 11.3 Å². The van der Waals surface area contributed by atoms with Crippen LogP contribution in [-0.4, -0.2) is 25.7 Å². The summed E-state index contributed by atoms with van der Waals surface area (Å²) in [5, 5.41) is 0. The van der Waals surface area contributed by atoms with Crippen molar-refractivity contribution in [2.45, 2.75) is 39.2 Å². The van der Waals surface area contributed by atoms with Crippen LogP contribution >= 0.6 is 0 Å². The van der Waals surface area contributed by atoms with Crippen molar-refractivity contribution in [2.75, 3.05) is 13.2 Å². The number of rotatable bonds is 8. The number of nitrogens with two attached hydrogens (primary N) is 1. The summed E-state index contributed by atoms with van der Waals surface area (Å²) in [4.78, 5) is 0. The lowest BCUT2D eigenvalue weighted by atomic mass is 10.0. The van der Waals surface area contributed by atoms with Crippen LogP contribution in [-0.2, 0) is 4.74 Å². The molecule has 0 aromatic rings. The molecule has 3 N–H and O–H groups in total. The first kappa shape index (κ1) is 13.7. The molecule has 1 unspecified atom stereocenters. The molecule has 0 aromatic heterocycles. The first-order valence-corrected chi connectivity index (χ1v) is 4.88. The van der Waals surface area contributed by atoms with Gasteiger partial charge in [0.05, 0.1) is 0 Å². The zero-order chi connectivity index (χ0) is 11.0. The Morgan fingerprint density at radius 2 is 2.00 bits per heavy atom. The Hall–Kier alpha value is -0.260. The van der Waals surface area contributed by atoms with Gasteiger partial charge in [-0.1, -0.05) is 13.8 Å². The minimum atomic E-state index is -2.38. The highest BCUT2D eigenvalue weighted by Crippen LogP contribution is 2.07. The second kappa shape index (κ2) is 8.08. The zero-order valence-electron chi connectivity index (χ0n) is 8.80. The third-order valence-corrected chi connectivity index (χ3v) is 1.85. The molecule has 1 atom stereocenters. The number of hydrogen-bond acceptors (Lipinski definition) is 3. The van der Waals surface area contributed by atoms with Crippen molar-refractivity contribution in [3.63, 3.8) is 0 Å². The maximum absolute atomic E-state index is 11.7. The van der Waals surface area contributed by atoms with Crippen LogP contribution in [0.1, 0.15) is 26.7 Å². The molecule has 0 heterocycles. The lowest BCUT2D eigenvalue weighted by Crippen LogP contribution is -2.37. The molecule has 0 aliphatic heterocycles. The molecule has 86 valence electrons. The molecule has 5 heteroatoms. The van der Waals surface area contributed by atoms with Gasteiger partial charge in [0.25, 0.3) is 6.43 Å². The van der Waals surface area contributed by atoms with Gasteiger partial charge in [0.1, 0.15) is 6.61 Å². The molecule has 0 bridgehead atoms. The van der Waals surface area contributed by atoms with Gasteiger partial charge in [0, 0.05) is 12.6 Å². The lowest BCUT2D eigenvalue weighted by Gasteiger charge is -2.17. The number of nitrogens with one attached hydrogen (secondary N) is 1. The first-order chi connectivity index (χ1) is 6.56. The molecule has 0 saturated carbocycles. The van der Waals surface area contributed by atoms with Gasteiger partial charge in [-0.2, -0.15) is 0 Å². The van der Waals surface area contributed by atoms with Crippen molar-refractivity contribution in [3.05, 3.63) is 0 Å². The molecule has 0 saturated heterocycles. The molecule has 14 heavy (non-hydrogen) atoms. The van der Waals surface area contributed by atoms with Gasteiger partial charge in [-0.05, 0) is 18.8 Å². The van der Waals surface area contributed by atoms with Gasteiger partial charge in [-0.25, -0.2) is 8.78 Å². The van der Waals surface area contributed by atoms with E-state index < -0.39 is 13.0 Å². The number of alkyl halides is 2. The largest absolute Gasteiger partial charge is 0.375 e. The molecular formula is C9H20F2N2O. The molecule has 0 aromatic carbocycles. The number of halogens is 2. The van der Waals surface area contributed by atoms with E-state index in [-0.39, 0.29) is 6.04 Å². The molecule has 0 fully saturated rings. The fraction of sp³-hybridized carbons (Fsp3) is 1.00. The number of hydrogen-bond donors (Lipinski definition) is 2.